The molecule has 0 spiro atoms. The van der Waals surface area contributed by atoms with Gasteiger partial charge in [-0.3, -0.25) is 9.36 Å². The van der Waals surface area contributed by atoms with Gasteiger partial charge in [0.15, 0.2) is 5.13 Å². The lowest BCUT2D eigenvalue weighted by Gasteiger charge is -2.08. The first-order chi connectivity index (χ1) is 12.1. The lowest BCUT2D eigenvalue weighted by Crippen LogP contribution is -2.23. The molecule has 0 aliphatic heterocycles. The molecule has 2 aromatic heterocycles. The van der Waals surface area contributed by atoms with Crippen molar-refractivity contribution in [3.8, 4) is 10.9 Å². The summed E-state index contributed by atoms with van der Waals surface area (Å²) < 4.78 is 7.50. The molecule has 0 saturated heterocycles. The Morgan fingerprint density at radius 2 is 2.16 bits per heavy atom. The SMILES string of the molecule is CCOc1cccc(CNC(=O)c2cc(C)n(-c3nccs3)c2C)c1. The van der Waals surface area contributed by atoms with E-state index in [-0.39, 0.29) is 5.91 Å². The molecule has 25 heavy (non-hydrogen) atoms. The Labute approximate surface area is 151 Å². The summed E-state index contributed by atoms with van der Waals surface area (Å²) in [7, 11) is 0. The van der Waals surface area contributed by atoms with Gasteiger partial charge >= 0.3 is 0 Å². The van der Waals surface area contributed by atoms with Crippen molar-refractivity contribution in [2.75, 3.05) is 6.61 Å². The first-order valence-electron chi connectivity index (χ1n) is 8.19. The minimum atomic E-state index is -0.0854. The normalized spacial score (nSPS) is 10.7. The topological polar surface area (TPSA) is 56.1 Å². The fourth-order valence-corrected chi connectivity index (χ4v) is 3.55. The zero-order valence-electron chi connectivity index (χ0n) is 14.6. The quantitative estimate of drug-likeness (QED) is 0.730. The molecule has 0 aliphatic carbocycles. The van der Waals surface area contributed by atoms with Gasteiger partial charge in [-0.25, -0.2) is 4.98 Å². The highest BCUT2D eigenvalue weighted by atomic mass is 32.1. The smallest absolute Gasteiger partial charge is 0.253 e. The summed E-state index contributed by atoms with van der Waals surface area (Å²) in [6, 6.07) is 9.67. The van der Waals surface area contributed by atoms with Gasteiger partial charge in [-0.1, -0.05) is 12.1 Å². The van der Waals surface area contributed by atoms with Crippen LogP contribution in [0.1, 0.15) is 34.2 Å². The number of thiazole rings is 1. The van der Waals surface area contributed by atoms with E-state index in [0.717, 1.165) is 27.8 Å². The highest BCUT2D eigenvalue weighted by molar-refractivity contribution is 7.12. The number of ether oxygens (including phenoxy) is 1. The molecule has 0 radical (unpaired) electrons. The molecule has 130 valence electrons. The van der Waals surface area contributed by atoms with Crippen molar-refractivity contribution in [1.82, 2.24) is 14.9 Å². The number of hydrogen-bond acceptors (Lipinski definition) is 4. The molecule has 6 heteroatoms. The van der Waals surface area contributed by atoms with Crippen molar-refractivity contribution >= 4 is 17.2 Å². The number of amides is 1. The Balaban J connectivity index is 1.74. The minimum Gasteiger partial charge on any atom is -0.494 e. The predicted octanol–water partition coefficient (Wildman–Crippen LogP) is 3.88. The lowest BCUT2D eigenvalue weighted by molar-refractivity contribution is 0.0950. The first kappa shape index (κ1) is 17.2. The van der Waals surface area contributed by atoms with E-state index in [4.69, 9.17) is 4.74 Å². The van der Waals surface area contributed by atoms with Gasteiger partial charge in [0.2, 0.25) is 0 Å². The second-order valence-electron chi connectivity index (χ2n) is 5.70. The molecule has 3 rings (SSSR count). The van der Waals surface area contributed by atoms with Gasteiger partial charge in [0, 0.05) is 29.5 Å². The zero-order valence-corrected chi connectivity index (χ0v) is 15.4. The molecular formula is C19H21N3O2S. The zero-order chi connectivity index (χ0) is 17.8. The minimum absolute atomic E-state index is 0.0854. The van der Waals surface area contributed by atoms with Gasteiger partial charge in [0.25, 0.3) is 5.91 Å². The maximum absolute atomic E-state index is 12.6. The van der Waals surface area contributed by atoms with E-state index in [1.807, 2.05) is 61.1 Å². The number of nitrogens with zero attached hydrogens (tertiary/aromatic N) is 2. The number of rotatable bonds is 6. The average Bonchev–Trinajstić information content (AvgIpc) is 3.21. The summed E-state index contributed by atoms with van der Waals surface area (Å²) in [5.41, 5.74) is 3.57. The van der Waals surface area contributed by atoms with Crippen LogP contribution in [0.15, 0.2) is 41.9 Å². The number of hydrogen-bond donors (Lipinski definition) is 1. The lowest BCUT2D eigenvalue weighted by atomic mass is 10.2. The van der Waals surface area contributed by atoms with Gasteiger partial charge in [0.05, 0.1) is 12.2 Å². The van der Waals surface area contributed by atoms with Crippen molar-refractivity contribution in [3.05, 3.63) is 64.4 Å². The van der Waals surface area contributed by atoms with E-state index >= 15 is 0 Å². The van der Waals surface area contributed by atoms with Crippen LogP contribution in [0.3, 0.4) is 0 Å². The molecule has 3 aromatic rings. The van der Waals surface area contributed by atoms with Crippen LogP contribution >= 0.6 is 11.3 Å². The monoisotopic (exact) mass is 355 g/mol. The van der Waals surface area contributed by atoms with E-state index in [1.165, 1.54) is 0 Å². The third-order valence-electron chi connectivity index (χ3n) is 3.95. The predicted molar refractivity (Wildman–Crippen MR) is 99.7 cm³/mol. The third-order valence-corrected chi connectivity index (χ3v) is 4.71. The largest absolute Gasteiger partial charge is 0.494 e. The fraction of sp³-hybridized carbons (Fsp3) is 0.263. The van der Waals surface area contributed by atoms with Gasteiger partial charge in [-0.2, -0.15) is 0 Å². The van der Waals surface area contributed by atoms with Crippen molar-refractivity contribution in [2.24, 2.45) is 0 Å². The number of nitrogens with one attached hydrogen (secondary N) is 1. The molecule has 0 saturated carbocycles. The summed E-state index contributed by atoms with van der Waals surface area (Å²) in [6.07, 6.45) is 1.77. The van der Waals surface area contributed by atoms with Gasteiger partial charge in [-0.15, -0.1) is 11.3 Å². The molecule has 0 atom stereocenters. The van der Waals surface area contributed by atoms with E-state index in [2.05, 4.69) is 10.3 Å². The fourth-order valence-electron chi connectivity index (χ4n) is 2.80. The van der Waals surface area contributed by atoms with Crippen LogP contribution in [0.2, 0.25) is 0 Å². The molecule has 0 aliphatic rings. The first-order valence-corrected chi connectivity index (χ1v) is 9.07. The molecule has 0 unspecified atom stereocenters. The van der Waals surface area contributed by atoms with Crippen molar-refractivity contribution in [1.29, 1.82) is 0 Å². The second kappa shape index (κ2) is 7.53. The van der Waals surface area contributed by atoms with Crippen molar-refractivity contribution in [2.45, 2.75) is 27.3 Å². The van der Waals surface area contributed by atoms with Crippen molar-refractivity contribution < 1.29 is 9.53 Å². The van der Waals surface area contributed by atoms with E-state index < -0.39 is 0 Å². The third kappa shape index (κ3) is 3.74. The Kier molecular flexibility index (Phi) is 5.19. The standard InChI is InChI=1S/C19H21N3O2S/c1-4-24-16-7-5-6-15(11-16)12-21-18(23)17-10-13(2)22(14(17)3)19-20-8-9-25-19/h5-11H,4,12H2,1-3H3,(H,21,23). The summed E-state index contributed by atoms with van der Waals surface area (Å²) in [5, 5.41) is 5.79. The van der Waals surface area contributed by atoms with Gasteiger partial charge < -0.3 is 10.1 Å². The van der Waals surface area contributed by atoms with Crippen LogP contribution in [0.5, 0.6) is 5.75 Å². The summed E-state index contributed by atoms with van der Waals surface area (Å²) in [6.45, 7) is 6.96. The highest BCUT2D eigenvalue weighted by Crippen LogP contribution is 2.22. The van der Waals surface area contributed by atoms with Crippen LogP contribution in [0.25, 0.3) is 5.13 Å². The Morgan fingerprint density at radius 3 is 2.88 bits per heavy atom. The number of carbonyl (C=O) groups is 1. The maximum Gasteiger partial charge on any atom is 0.253 e. The Morgan fingerprint density at radius 1 is 1.32 bits per heavy atom. The maximum atomic E-state index is 12.6. The molecule has 0 bridgehead atoms. The number of aryl methyl sites for hydroxylation is 1. The van der Waals surface area contributed by atoms with Crippen LogP contribution in [-0.4, -0.2) is 22.1 Å². The second-order valence-corrected chi connectivity index (χ2v) is 6.57. The summed E-state index contributed by atoms with van der Waals surface area (Å²) in [5.74, 6) is 0.730. The molecular weight excluding hydrogens is 334 g/mol. The number of carbonyl (C=O) groups excluding carboxylic acids is 1. The van der Waals surface area contributed by atoms with E-state index in [1.54, 1.807) is 17.5 Å². The van der Waals surface area contributed by atoms with Crippen LogP contribution < -0.4 is 10.1 Å². The van der Waals surface area contributed by atoms with E-state index in [0.29, 0.717) is 18.7 Å². The van der Waals surface area contributed by atoms with Crippen LogP contribution in [-0.2, 0) is 6.54 Å². The molecule has 0 fully saturated rings. The summed E-state index contributed by atoms with van der Waals surface area (Å²) >= 11 is 1.55. The van der Waals surface area contributed by atoms with E-state index in [9.17, 15) is 4.79 Å². The summed E-state index contributed by atoms with van der Waals surface area (Å²) in [4.78, 5) is 16.9. The molecule has 1 N–H and O–H groups in total. The van der Waals surface area contributed by atoms with Crippen LogP contribution in [0.4, 0.5) is 0 Å². The van der Waals surface area contributed by atoms with Crippen LogP contribution in [0, 0.1) is 13.8 Å². The highest BCUT2D eigenvalue weighted by Gasteiger charge is 2.17. The molecule has 5 nitrogen and oxygen atoms in total. The average molecular weight is 355 g/mol. The molecule has 2 heterocycles. The molecule has 1 aromatic carbocycles. The van der Waals surface area contributed by atoms with Gasteiger partial charge in [0.1, 0.15) is 5.75 Å². The molecule has 1 amide bonds. The Hall–Kier alpha value is -2.60. The Bertz CT molecular complexity index is 869. The van der Waals surface area contributed by atoms with Gasteiger partial charge in [-0.05, 0) is 44.5 Å². The van der Waals surface area contributed by atoms with Crippen molar-refractivity contribution in [3.63, 3.8) is 0 Å². The number of benzene rings is 1. The number of aromatic nitrogens is 2.